The third-order valence-electron chi connectivity index (χ3n) is 2.29. The lowest BCUT2D eigenvalue weighted by molar-refractivity contribution is -0.136. The molecule has 0 radical (unpaired) electrons. The quantitative estimate of drug-likeness (QED) is 0.610. The summed E-state index contributed by atoms with van der Waals surface area (Å²) in [4.78, 5) is 0. The number of hydrogen-bond donors (Lipinski definition) is 4. The zero-order valence-electron chi connectivity index (χ0n) is 9.42. The molecule has 6 nitrogen and oxygen atoms in total. The SMILES string of the molecule is N=C1NN=C(N)/C1=N/Nc1ccccc1C(F)(F)F. The van der Waals surface area contributed by atoms with E-state index in [9.17, 15) is 13.2 Å². The first-order valence-corrected chi connectivity index (χ1v) is 5.08. The topological polar surface area (TPSA) is 98.7 Å². The van der Waals surface area contributed by atoms with Crippen molar-refractivity contribution in [1.82, 2.24) is 5.43 Å². The molecule has 0 amide bonds. The highest BCUT2D eigenvalue weighted by atomic mass is 19.4. The Kier molecular flexibility index (Phi) is 3.11. The van der Waals surface area contributed by atoms with E-state index in [1.807, 2.05) is 0 Å². The second kappa shape index (κ2) is 4.59. The smallest absolute Gasteiger partial charge is 0.380 e. The van der Waals surface area contributed by atoms with Gasteiger partial charge in [-0.15, -0.1) is 0 Å². The van der Waals surface area contributed by atoms with Gasteiger partial charge >= 0.3 is 6.18 Å². The Morgan fingerprint density at radius 1 is 1.32 bits per heavy atom. The number of anilines is 1. The minimum absolute atomic E-state index is 0.0445. The normalized spacial score (nSPS) is 17.3. The Morgan fingerprint density at radius 3 is 2.58 bits per heavy atom. The number of hydrazone groups is 2. The van der Waals surface area contributed by atoms with Gasteiger partial charge in [0.05, 0.1) is 11.3 Å². The van der Waals surface area contributed by atoms with Crippen LogP contribution in [-0.2, 0) is 6.18 Å². The summed E-state index contributed by atoms with van der Waals surface area (Å²) in [6.45, 7) is 0. The molecule has 0 saturated carbocycles. The molecule has 9 heteroatoms. The zero-order chi connectivity index (χ0) is 14.0. The van der Waals surface area contributed by atoms with E-state index in [-0.39, 0.29) is 23.1 Å². The van der Waals surface area contributed by atoms with Crippen molar-refractivity contribution >= 4 is 23.1 Å². The number of halogens is 3. The van der Waals surface area contributed by atoms with Crippen molar-refractivity contribution in [3.05, 3.63) is 29.8 Å². The predicted molar refractivity (Wildman–Crippen MR) is 65.0 cm³/mol. The number of hydrogen-bond acceptors (Lipinski definition) is 5. The Balaban J connectivity index is 2.28. The van der Waals surface area contributed by atoms with Crippen LogP contribution in [0.2, 0.25) is 0 Å². The number of amidine groups is 2. The Bertz CT molecular complexity index is 575. The summed E-state index contributed by atoms with van der Waals surface area (Å²) < 4.78 is 38.1. The van der Waals surface area contributed by atoms with E-state index in [1.165, 1.54) is 18.2 Å². The monoisotopic (exact) mass is 270 g/mol. The van der Waals surface area contributed by atoms with Crippen LogP contribution in [0.1, 0.15) is 5.56 Å². The zero-order valence-corrected chi connectivity index (χ0v) is 9.42. The molecule has 19 heavy (non-hydrogen) atoms. The van der Waals surface area contributed by atoms with Crippen molar-refractivity contribution in [3.8, 4) is 0 Å². The molecule has 5 N–H and O–H groups in total. The van der Waals surface area contributed by atoms with Crippen LogP contribution in [0.15, 0.2) is 34.5 Å². The molecule has 0 fully saturated rings. The number of nitrogens with two attached hydrogens (primary N) is 1. The standard InChI is InChI=1S/C10H9F3N6/c11-10(12,13)5-3-1-2-4-6(5)16-17-7-8(14)18-19-9(7)15/h1-4,16H,(H4,14,15,17,18,19). The van der Waals surface area contributed by atoms with Crippen molar-refractivity contribution in [2.75, 3.05) is 5.43 Å². The van der Waals surface area contributed by atoms with E-state index >= 15 is 0 Å². The summed E-state index contributed by atoms with van der Waals surface area (Å²) in [5.41, 5.74) is 8.79. The van der Waals surface area contributed by atoms with Crippen LogP contribution in [0.4, 0.5) is 18.9 Å². The van der Waals surface area contributed by atoms with E-state index < -0.39 is 11.7 Å². The largest absolute Gasteiger partial charge is 0.418 e. The van der Waals surface area contributed by atoms with Gasteiger partial charge in [0, 0.05) is 0 Å². The van der Waals surface area contributed by atoms with Gasteiger partial charge in [0.1, 0.15) is 0 Å². The van der Waals surface area contributed by atoms with Crippen LogP contribution in [0, 0.1) is 5.41 Å². The Hall–Kier alpha value is -2.58. The summed E-state index contributed by atoms with van der Waals surface area (Å²) in [6, 6.07) is 4.87. The van der Waals surface area contributed by atoms with Gasteiger partial charge in [-0.2, -0.15) is 23.4 Å². The fraction of sp³-hybridized carbons (Fsp3) is 0.100. The third-order valence-corrected chi connectivity index (χ3v) is 2.29. The molecule has 0 unspecified atom stereocenters. The number of rotatable bonds is 2. The molecular formula is C10H9F3N6. The molecule has 1 aromatic rings. The Morgan fingerprint density at radius 2 is 2.00 bits per heavy atom. The average Bonchev–Trinajstić information content (AvgIpc) is 2.66. The van der Waals surface area contributed by atoms with E-state index in [1.54, 1.807) is 0 Å². The lowest BCUT2D eigenvalue weighted by atomic mass is 10.2. The van der Waals surface area contributed by atoms with Crippen molar-refractivity contribution in [2.24, 2.45) is 15.9 Å². The first kappa shape index (κ1) is 12.9. The van der Waals surface area contributed by atoms with Gasteiger partial charge in [-0.25, -0.2) is 0 Å². The van der Waals surface area contributed by atoms with Crippen molar-refractivity contribution in [1.29, 1.82) is 5.41 Å². The summed E-state index contributed by atoms with van der Waals surface area (Å²) in [7, 11) is 0. The molecule has 1 aliphatic heterocycles. The average molecular weight is 270 g/mol. The van der Waals surface area contributed by atoms with Crippen LogP contribution in [0.3, 0.4) is 0 Å². The molecule has 0 aliphatic carbocycles. The fourth-order valence-corrected chi connectivity index (χ4v) is 1.41. The molecule has 100 valence electrons. The third kappa shape index (κ3) is 2.64. The molecule has 1 aromatic carbocycles. The maximum absolute atomic E-state index is 12.7. The maximum Gasteiger partial charge on any atom is 0.418 e. The van der Waals surface area contributed by atoms with Gasteiger partial charge in [-0.1, -0.05) is 12.1 Å². The van der Waals surface area contributed by atoms with E-state index in [2.05, 4.69) is 21.1 Å². The van der Waals surface area contributed by atoms with E-state index in [0.717, 1.165) is 6.07 Å². The number of para-hydroxylation sites is 1. The summed E-state index contributed by atoms with van der Waals surface area (Å²) in [5, 5.41) is 14.5. The Labute approximate surface area is 105 Å². The summed E-state index contributed by atoms with van der Waals surface area (Å²) in [5.74, 6) is -0.253. The number of benzene rings is 1. The summed E-state index contributed by atoms with van der Waals surface area (Å²) in [6.07, 6.45) is -4.50. The van der Waals surface area contributed by atoms with Crippen LogP contribution in [0.5, 0.6) is 0 Å². The lowest BCUT2D eigenvalue weighted by Crippen LogP contribution is -2.28. The second-order valence-corrected chi connectivity index (χ2v) is 3.60. The molecule has 1 heterocycles. The van der Waals surface area contributed by atoms with Crippen LogP contribution in [0.25, 0.3) is 0 Å². The van der Waals surface area contributed by atoms with Gasteiger partial charge in [0.25, 0.3) is 0 Å². The second-order valence-electron chi connectivity index (χ2n) is 3.60. The minimum atomic E-state index is -4.50. The molecule has 0 saturated heterocycles. The highest BCUT2D eigenvalue weighted by Gasteiger charge is 2.33. The first-order valence-electron chi connectivity index (χ1n) is 5.08. The van der Waals surface area contributed by atoms with Crippen LogP contribution < -0.4 is 16.6 Å². The van der Waals surface area contributed by atoms with Gasteiger partial charge in [0.15, 0.2) is 17.4 Å². The van der Waals surface area contributed by atoms with Crippen LogP contribution in [-0.4, -0.2) is 17.4 Å². The number of nitrogens with one attached hydrogen (secondary N) is 3. The fourth-order valence-electron chi connectivity index (χ4n) is 1.41. The predicted octanol–water partition coefficient (Wildman–Crippen LogP) is 1.33. The van der Waals surface area contributed by atoms with Crippen molar-refractivity contribution < 1.29 is 13.2 Å². The minimum Gasteiger partial charge on any atom is -0.380 e. The highest BCUT2D eigenvalue weighted by Crippen LogP contribution is 2.34. The maximum atomic E-state index is 12.7. The van der Waals surface area contributed by atoms with E-state index in [0.29, 0.717) is 0 Å². The van der Waals surface area contributed by atoms with Gasteiger partial charge in [0.2, 0.25) is 0 Å². The molecule has 0 spiro atoms. The van der Waals surface area contributed by atoms with Gasteiger partial charge in [-0.05, 0) is 12.1 Å². The highest BCUT2D eigenvalue weighted by molar-refractivity contribution is 6.68. The molecular weight excluding hydrogens is 261 g/mol. The molecule has 0 aromatic heterocycles. The van der Waals surface area contributed by atoms with Crippen molar-refractivity contribution in [3.63, 3.8) is 0 Å². The number of nitrogens with zero attached hydrogens (tertiary/aromatic N) is 2. The van der Waals surface area contributed by atoms with E-state index in [4.69, 9.17) is 11.1 Å². The molecule has 0 atom stereocenters. The number of alkyl halides is 3. The lowest BCUT2D eigenvalue weighted by Gasteiger charge is -2.11. The summed E-state index contributed by atoms with van der Waals surface area (Å²) >= 11 is 0. The van der Waals surface area contributed by atoms with Crippen molar-refractivity contribution in [2.45, 2.75) is 6.18 Å². The molecule has 0 bridgehead atoms. The first-order chi connectivity index (χ1) is 8.89. The van der Waals surface area contributed by atoms with Gasteiger partial charge < -0.3 is 5.73 Å². The molecule has 1 aliphatic rings. The van der Waals surface area contributed by atoms with Crippen LogP contribution >= 0.6 is 0 Å². The molecule has 2 rings (SSSR count). The van der Waals surface area contributed by atoms with Gasteiger partial charge in [-0.3, -0.25) is 16.3 Å².